The maximum Gasteiger partial charge on any atom is 0.162 e. The summed E-state index contributed by atoms with van der Waals surface area (Å²) in [7, 11) is 0. The van der Waals surface area contributed by atoms with Crippen molar-refractivity contribution in [1.29, 1.82) is 0 Å². The highest BCUT2D eigenvalue weighted by molar-refractivity contribution is 5.82. The zero-order valence-corrected chi connectivity index (χ0v) is 15.3. The first-order valence-corrected chi connectivity index (χ1v) is 9.78. The van der Waals surface area contributed by atoms with Crippen molar-refractivity contribution in [1.82, 2.24) is 0 Å². The van der Waals surface area contributed by atoms with Gasteiger partial charge in [0.05, 0.1) is 0 Å². The Bertz CT molecular complexity index is 289. The highest BCUT2D eigenvalue weighted by Gasteiger charge is 2.11. The Hall–Kier alpha value is -0.670. The molecule has 0 aromatic rings. The van der Waals surface area contributed by atoms with Gasteiger partial charge in [-0.1, -0.05) is 70.4 Å². The van der Waals surface area contributed by atoms with E-state index >= 15 is 0 Å². The lowest BCUT2D eigenvalue weighted by Gasteiger charge is -2.05. The van der Waals surface area contributed by atoms with Crippen molar-refractivity contribution < 1.29 is 9.90 Å². The number of nitrogens with two attached hydrogens (primary N) is 1. The van der Waals surface area contributed by atoms with E-state index in [4.69, 9.17) is 5.73 Å². The lowest BCUT2D eigenvalue weighted by atomic mass is 10.0. The van der Waals surface area contributed by atoms with Crippen LogP contribution in [-0.2, 0) is 4.79 Å². The maximum absolute atomic E-state index is 11.4. The van der Waals surface area contributed by atoms with Crippen LogP contribution in [0.3, 0.4) is 0 Å². The Morgan fingerprint density at radius 1 is 0.870 bits per heavy atom. The minimum atomic E-state index is -0.952. The molecule has 0 aliphatic carbocycles. The summed E-state index contributed by atoms with van der Waals surface area (Å²) in [5.74, 6) is -0.106. The van der Waals surface area contributed by atoms with Crippen LogP contribution in [0.4, 0.5) is 0 Å². The fraction of sp³-hybridized carbons (Fsp3) is 0.850. The van der Waals surface area contributed by atoms with Gasteiger partial charge in [0.25, 0.3) is 0 Å². The standard InChI is InChI=1S/C20H39NO2/c1-2-3-4-5-6-7-8-9-10-11-12-13-14-15-16-17-19(22)20(23)18-21/h9-10,20,23H,2-8,11-18,21H2,1H3/b10-9-. The molecule has 0 amide bonds. The van der Waals surface area contributed by atoms with E-state index in [2.05, 4.69) is 19.1 Å². The molecule has 0 bridgehead atoms. The normalized spacial score (nSPS) is 12.8. The van der Waals surface area contributed by atoms with Gasteiger partial charge in [0.2, 0.25) is 0 Å². The molecule has 0 saturated carbocycles. The number of aliphatic hydroxyl groups excluding tert-OH is 1. The topological polar surface area (TPSA) is 63.3 Å². The highest BCUT2D eigenvalue weighted by Crippen LogP contribution is 2.10. The third kappa shape index (κ3) is 16.0. The molecular weight excluding hydrogens is 286 g/mol. The first-order valence-electron chi connectivity index (χ1n) is 9.78. The Balaban J connectivity index is 3.21. The summed E-state index contributed by atoms with van der Waals surface area (Å²) in [4.78, 5) is 11.4. The average molecular weight is 326 g/mol. The smallest absolute Gasteiger partial charge is 0.162 e. The minimum Gasteiger partial charge on any atom is -0.384 e. The van der Waals surface area contributed by atoms with Crippen LogP contribution in [0, 0.1) is 0 Å². The molecule has 0 aliphatic heterocycles. The van der Waals surface area contributed by atoms with E-state index in [-0.39, 0.29) is 12.3 Å². The zero-order valence-electron chi connectivity index (χ0n) is 15.3. The van der Waals surface area contributed by atoms with Crippen LogP contribution >= 0.6 is 0 Å². The number of allylic oxidation sites excluding steroid dienone is 2. The lowest BCUT2D eigenvalue weighted by molar-refractivity contribution is -0.126. The van der Waals surface area contributed by atoms with Gasteiger partial charge < -0.3 is 10.8 Å². The second-order valence-electron chi connectivity index (χ2n) is 6.55. The molecule has 0 fully saturated rings. The monoisotopic (exact) mass is 325 g/mol. The Morgan fingerprint density at radius 3 is 1.87 bits per heavy atom. The number of hydrogen-bond acceptors (Lipinski definition) is 3. The van der Waals surface area contributed by atoms with Crippen molar-refractivity contribution in [2.24, 2.45) is 5.73 Å². The van der Waals surface area contributed by atoms with Crippen LogP contribution in [0.2, 0.25) is 0 Å². The van der Waals surface area contributed by atoms with Gasteiger partial charge in [0, 0.05) is 13.0 Å². The molecule has 0 spiro atoms. The number of Topliss-reactive ketones (excluding diaryl/α,β-unsaturated/α-hetero) is 1. The predicted molar refractivity (Wildman–Crippen MR) is 99.5 cm³/mol. The zero-order chi connectivity index (χ0) is 17.2. The number of carbonyl (C=O) groups is 1. The van der Waals surface area contributed by atoms with E-state index in [1.807, 2.05) is 0 Å². The van der Waals surface area contributed by atoms with Crippen molar-refractivity contribution in [2.75, 3.05) is 6.54 Å². The molecule has 136 valence electrons. The largest absolute Gasteiger partial charge is 0.384 e. The Kier molecular flexibility index (Phi) is 17.2. The predicted octanol–water partition coefficient (Wildman–Crippen LogP) is 4.91. The van der Waals surface area contributed by atoms with Crippen molar-refractivity contribution in [2.45, 2.75) is 103 Å². The van der Waals surface area contributed by atoms with Gasteiger partial charge in [-0.15, -0.1) is 0 Å². The molecule has 3 nitrogen and oxygen atoms in total. The Labute approximate surface area is 143 Å². The molecule has 0 radical (unpaired) electrons. The number of carbonyl (C=O) groups excluding carboxylic acids is 1. The van der Waals surface area contributed by atoms with E-state index < -0.39 is 6.10 Å². The molecule has 1 unspecified atom stereocenters. The van der Waals surface area contributed by atoms with E-state index in [0.29, 0.717) is 6.42 Å². The van der Waals surface area contributed by atoms with Gasteiger partial charge in [-0.3, -0.25) is 4.79 Å². The molecule has 3 heteroatoms. The highest BCUT2D eigenvalue weighted by atomic mass is 16.3. The number of hydrogen-bond donors (Lipinski definition) is 2. The molecule has 0 rings (SSSR count). The number of unbranched alkanes of at least 4 members (excludes halogenated alkanes) is 11. The second-order valence-corrected chi connectivity index (χ2v) is 6.55. The van der Waals surface area contributed by atoms with Gasteiger partial charge in [-0.25, -0.2) is 0 Å². The summed E-state index contributed by atoms with van der Waals surface area (Å²) in [6, 6.07) is 0. The minimum absolute atomic E-state index is 0.0455. The van der Waals surface area contributed by atoms with Gasteiger partial charge in [0.15, 0.2) is 5.78 Å². The quantitative estimate of drug-likeness (QED) is 0.295. The summed E-state index contributed by atoms with van der Waals surface area (Å²) in [5.41, 5.74) is 5.25. The van der Waals surface area contributed by atoms with E-state index in [1.165, 1.54) is 70.6 Å². The molecular formula is C20H39NO2. The number of aliphatic hydroxyl groups is 1. The summed E-state index contributed by atoms with van der Waals surface area (Å²) in [6.45, 7) is 2.30. The lowest BCUT2D eigenvalue weighted by Crippen LogP contribution is -2.28. The summed E-state index contributed by atoms with van der Waals surface area (Å²) < 4.78 is 0. The number of rotatable bonds is 17. The van der Waals surface area contributed by atoms with Gasteiger partial charge in [-0.2, -0.15) is 0 Å². The fourth-order valence-corrected chi connectivity index (χ4v) is 2.67. The third-order valence-corrected chi connectivity index (χ3v) is 4.28. The molecule has 3 N–H and O–H groups in total. The average Bonchev–Trinajstić information content (AvgIpc) is 2.57. The molecule has 0 aromatic carbocycles. The molecule has 0 aliphatic rings. The van der Waals surface area contributed by atoms with Crippen LogP contribution in [0.25, 0.3) is 0 Å². The molecule has 0 saturated heterocycles. The van der Waals surface area contributed by atoms with Crippen LogP contribution in [0.1, 0.15) is 96.8 Å². The van der Waals surface area contributed by atoms with Gasteiger partial charge >= 0.3 is 0 Å². The Morgan fingerprint density at radius 2 is 1.35 bits per heavy atom. The van der Waals surface area contributed by atoms with Crippen LogP contribution in [0.15, 0.2) is 12.2 Å². The number of ketones is 1. The summed E-state index contributed by atoms with van der Waals surface area (Å²) in [5, 5.41) is 9.26. The van der Waals surface area contributed by atoms with E-state index in [9.17, 15) is 9.90 Å². The maximum atomic E-state index is 11.4. The molecule has 1 atom stereocenters. The first-order chi connectivity index (χ1) is 11.2. The van der Waals surface area contributed by atoms with Crippen LogP contribution in [-0.4, -0.2) is 23.5 Å². The summed E-state index contributed by atoms with van der Waals surface area (Å²) >= 11 is 0. The third-order valence-electron chi connectivity index (χ3n) is 4.28. The van der Waals surface area contributed by atoms with Crippen molar-refractivity contribution >= 4 is 5.78 Å². The van der Waals surface area contributed by atoms with Crippen molar-refractivity contribution in [3.63, 3.8) is 0 Å². The van der Waals surface area contributed by atoms with E-state index in [1.54, 1.807) is 0 Å². The van der Waals surface area contributed by atoms with Crippen molar-refractivity contribution in [3.8, 4) is 0 Å². The molecule has 0 aromatic heterocycles. The SMILES string of the molecule is CCCCCCCC/C=C\CCCCCCCC(=O)C(O)CN. The summed E-state index contributed by atoms with van der Waals surface area (Å²) in [6.07, 6.45) is 20.4. The molecule has 0 heterocycles. The van der Waals surface area contributed by atoms with Crippen LogP contribution < -0.4 is 5.73 Å². The second kappa shape index (κ2) is 17.7. The molecule has 23 heavy (non-hydrogen) atoms. The van der Waals surface area contributed by atoms with Crippen molar-refractivity contribution in [3.05, 3.63) is 12.2 Å². The van der Waals surface area contributed by atoms with Gasteiger partial charge in [0.1, 0.15) is 6.10 Å². The fourth-order valence-electron chi connectivity index (χ4n) is 2.67. The van der Waals surface area contributed by atoms with Crippen LogP contribution in [0.5, 0.6) is 0 Å². The van der Waals surface area contributed by atoms with E-state index in [0.717, 1.165) is 12.8 Å². The first kappa shape index (κ1) is 22.3. The van der Waals surface area contributed by atoms with Gasteiger partial charge in [-0.05, 0) is 32.1 Å².